The Labute approximate surface area is 78.5 Å². The first kappa shape index (κ1) is 10.9. The summed E-state index contributed by atoms with van der Waals surface area (Å²) in [6.45, 7) is 3.72. The first-order chi connectivity index (χ1) is 6.11. The van der Waals surface area contributed by atoms with Crippen LogP contribution in [0.4, 0.5) is 0 Å². The third-order valence-electron chi connectivity index (χ3n) is 2.60. The Hall–Kier alpha value is -0.160. The van der Waals surface area contributed by atoms with E-state index in [2.05, 4.69) is 0 Å². The lowest BCUT2D eigenvalue weighted by atomic mass is 9.94. The van der Waals surface area contributed by atoms with Crippen molar-refractivity contribution < 1.29 is 19.7 Å². The molecule has 13 heavy (non-hydrogen) atoms. The van der Waals surface area contributed by atoms with E-state index in [0.29, 0.717) is 0 Å². The van der Waals surface area contributed by atoms with Gasteiger partial charge in [-0.15, -0.1) is 0 Å². The Kier molecular flexibility index (Phi) is 3.67. The maximum Gasteiger partial charge on any atom is 0.114 e. The summed E-state index contributed by atoms with van der Waals surface area (Å²) in [7, 11) is 1.49. The molecule has 1 aliphatic heterocycles. The molecule has 0 bridgehead atoms. The second-order valence-electron chi connectivity index (χ2n) is 3.47. The number of rotatable bonds is 2. The lowest BCUT2D eigenvalue weighted by molar-refractivity contribution is -0.224. The zero-order chi connectivity index (χ0) is 10.0. The second kappa shape index (κ2) is 4.37. The maximum atomic E-state index is 9.71. The lowest BCUT2D eigenvalue weighted by Crippen LogP contribution is -2.57. The topological polar surface area (TPSA) is 58.9 Å². The fourth-order valence-corrected chi connectivity index (χ4v) is 1.73. The molecule has 4 nitrogen and oxygen atoms in total. The maximum absolute atomic E-state index is 9.71. The molecule has 78 valence electrons. The van der Waals surface area contributed by atoms with E-state index in [1.165, 1.54) is 7.11 Å². The quantitative estimate of drug-likeness (QED) is 0.639. The molecule has 1 aliphatic rings. The Morgan fingerprint density at radius 2 is 1.92 bits per heavy atom. The van der Waals surface area contributed by atoms with E-state index >= 15 is 0 Å². The first-order valence-corrected chi connectivity index (χ1v) is 4.66. The average Bonchev–Trinajstić information content (AvgIpc) is 2.12. The second-order valence-corrected chi connectivity index (χ2v) is 3.47. The van der Waals surface area contributed by atoms with Gasteiger partial charge in [-0.25, -0.2) is 0 Å². The molecule has 1 saturated heterocycles. The van der Waals surface area contributed by atoms with Gasteiger partial charge in [0, 0.05) is 7.11 Å². The molecule has 1 heterocycles. The van der Waals surface area contributed by atoms with Crippen molar-refractivity contribution in [1.29, 1.82) is 0 Å². The van der Waals surface area contributed by atoms with Crippen molar-refractivity contribution in [1.82, 2.24) is 0 Å². The zero-order valence-corrected chi connectivity index (χ0v) is 8.30. The van der Waals surface area contributed by atoms with E-state index in [-0.39, 0.29) is 12.2 Å². The Morgan fingerprint density at radius 1 is 1.31 bits per heavy atom. The van der Waals surface area contributed by atoms with Gasteiger partial charge in [-0.05, 0) is 13.3 Å². The molecule has 0 spiro atoms. The van der Waals surface area contributed by atoms with E-state index in [0.717, 1.165) is 6.42 Å². The van der Waals surface area contributed by atoms with Crippen LogP contribution in [0.5, 0.6) is 0 Å². The molecule has 2 N–H and O–H groups in total. The summed E-state index contributed by atoms with van der Waals surface area (Å²) in [5.41, 5.74) is 0. The van der Waals surface area contributed by atoms with Crippen LogP contribution in [0.1, 0.15) is 20.3 Å². The van der Waals surface area contributed by atoms with Crippen LogP contribution in [-0.2, 0) is 9.47 Å². The molecule has 1 rings (SSSR count). The summed E-state index contributed by atoms with van der Waals surface area (Å²) in [4.78, 5) is 0. The van der Waals surface area contributed by atoms with Crippen molar-refractivity contribution in [2.45, 2.75) is 50.8 Å². The van der Waals surface area contributed by atoms with E-state index < -0.39 is 18.3 Å². The van der Waals surface area contributed by atoms with Crippen LogP contribution in [0.2, 0.25) is 0 Å². The van der Waals surface area contributed by atoms with Gasteiger partial charge in [0.25, 0.3) is 0 Å². The minimum Gasteiger partial charge on any atom is -0.388 e. The molecule has 0 amide bonds. The zero-order valence-electron chi connectivity index (χ0n) is 8.30. The molecule has 5 unspecified atom stereocenters. The predicted octanol–water partition coefficient (Wildman–Crippen LogP) is -0.0795. The minimum atomic E-state index is -0.747. The number of hydrogen-bond donors (Lipinski definition) is 2. The summed E-state index contributed by atoms with van der Waals surface area (Å²) in [6.07, 6.45) is -1.81. The van der Waals surface area contributed by atoms with E-state index in [1.807, 2.05) is 6.92 Å². The normalized spacial score (nSPS) is 46.4. The largest absolute Gasteiger partial charge is 0.388 e. The standard InChI is InChI=1S/C9H18O4/c1-4-6-8(11)9(12-3)7(10)5(2)13-6/h5-11H,4H2,1-3H3. The fourth-order valence-electron chi connectivity index (χ4n) is 1.73. The molecule has 1 fully saturated rings. The fraction of sp³-hybridized carbons (Fsp3) is 1.00. The number of methoxy groups -OCH3 is 1. The van der Waals surface area contributed by atoms with Crippen LogP contribution in [0.3, 0.4) is 0 Å². The van der Waals surface area contributed by atoms with Gasteiger partial charge < -0.3 is 19.7 Å². The van der Waals surface area contributed by atoms with Crippen LogP contribution in [-0.4, -0.2) is 47.8 Å². The summed E-state index contributed by atoms with van der Waals surface area (Å²) >= 11 is 0. The van der Waals surface area contributed by atoms with E-state index in [4.69, 9.17) is 9.47 Å². The van der Waals surface area contributed by atoms with Crippen molar-refractivity contribution >= 4 is 0 Å². The SMILES string of the molecule is CCC1OC(C)C(O)C(OC)C1O. The van der Waals surface area contributed by atoms with Crippen LogP contribution in [0.25, 0.3) is 0 Å². The summed E-state index contributed by atoms with van der Waals surface area (Å²) in [5, 5.41) is 19.3. The summed E-state index contributed by atoms with van der Waals surface area (Å²) in [5.74, 6) is 0. The van der Waals surface area contributed by atoms with Gasteiger partial charge in [0.15, 0.2) is 0 Å². The predicted molar refractivity (Wildman–Crippen MR) is 47.4 cm³/mol. The van der Waals surface area contributed by atoms with Gasteiger partial charge in [-0.2, -0.15) is 0 Å². The average molecular weight is 190 g/mol. The van der Waals surface area contributed by atoms with Crippen LogP contribution in [0.15, 0.2) is 0 Å². The van der Waals surface area contributed by atoms with Crippen molar-refractivity contribution in [3.63, 3.8) is 0 Å². The molecule has 0 aromatic carbocycles. The smallest absolute Gasteiger partial charge is 0.114 e. The van der Waals surface area contributed by atoms with Crippen LogP contribution in [0, 0.1) is 0 Å². The molecule has 0 saturated carbocycles. The van der Waals surface area contributed by atoms with Crippen molar-refractivity contribution in [2.75, 3.05) is 7.11 Å². The highest BCUT2D eigenvalue weighted by molar-refractivity contribution is 4.90. The highest BCUT2D eigenvalue weighted by atomic mass is 16.6. The van der Waals surface area contributed by atoms with Gasteiger partial charge in [0.05, 0.1) is 12.2 Å². The van der Waals surface area contributed by atoms with E-state index in [9.17, 15) is 10.2 Å². The van der Waals surface area contributed by atoms with Crippen LogP contribution < -0.4 is 0 Å². The molecule has 4 heteroatoms. The number of aliphatic hydroxyl groups is 2. The first-order valence-electron chi connectivity index (χ1n) is 4.66. The number of aliphatic hydroxyl groups excluding tert-OH is 2. The van der Waals surface area contributed by atoms with Gasteiger partial charge in [0.2, 0.25) is 0 Å². The minimum absolute atomic E-state index is 0.233. The van der Waals surface area contributed by atoms with Crippen LogP contribution >= 0.6 is 0 Å². The van der Waals surface area contributed by atoms with E-state index in [1.54, 1.807) is 6.92 Å². The van der Waals surface area contributed by atoms with Crippen molar-refractivity contribution in [3.05, 3.63) is 0 Å². The highest BCUT2D eigenvalue weighted by Crippen LogP contribution is 2.24. The van der Waals surface area contributed by atoms with Gasteiger partial charge in [-0.3, -0.25) is 0 Å². The summed E-state index contributed by atoms with van der Waals surface area (Å²) < 4.78 is 10.5. The number of ether oxygens (including phenoxy) is 2. The Bertz CT molecular complexity index is 162. The Morgan fingerprint density at radius 3 is 2.38 bits per heavy atom. The highest BCUT2D eigenvalue weighted by Gasteiger charge is 2.41. The molecule has 5 atom stereocenters. The third kappa shape index (κ3) is 2.02. The molecule has 0 aromatic heterocycles. The Balaban J connectivity index is 2.69. The molecule has 0 radical (unpaired) electrons. The number of hydrogen-bond acceptors (Lipinski definition) is 4. The van der Waals surface area contributed by atoms with Gasteiger partial charge in [0.1, 0.15) is 18.3 Å². The van der Waals surface area contributed by atoms with Crippen molar-refractivity contribution in [2.24, 2.45) is 0 Å². The van der Waals surface area contributed by atoms with Gasteiger partial charge in [-0.1, -0.05) is 6.92 Å². The molecule has 0 aliphatic carbocycles. The molecular weight excluding hydrogens is 172 g/mol. The molecule has 0 aromatic rings. The summed E-state index contributed by atoms with van der Waals surface area (Å²) in [6, 6.07) is 0. The lowest BCUT2D eigenvalue weighted by Gasteiger charge is -2.40. The third-order valence-corrected chi connectivity index (χ3v) is 2.60. The van der Waals surface area contributed by atoms with Gasteiger partial charge >= 0.3 is 0 Å². The molecular formula is C9H18O4. The monoisotopic (exact) mass is 190 g/mol. The van der Waals surface area contributed by atoms with Crippen molar-refractivity contribution in [3.8, 4) is 0 Å².